The van der Waals surface area contributed by atoms with Crippen molar-refractivity contribution < 1.29 is 23.8 Å². The van der Waals surface area contributed by atoms with E-state index in [4.69, 9.17) is 14.2 Å². The fourth-order valence-electron chi connectivity index (χ4n) is 2.34. The molecule has 0 spiro atoms. The van der Waals surface area contributed by atoms with E-state index in [2.05, 4.69) is 12.2 Å². The van der Waals surface area contributed by atoms with Crippen LogP contribution >= 0.6 is 0 Å². The van der Waals surface area contributed by atoms with Gasteiger partial charge in [0.2, 0.25) is 0 Å². The number of benzene rings is 2. The van der Waals surface area contributed by atoms with Crippen LogP contribution in [0.15, 0.2) is 42.5 Å². The van der Waals surface area contributed by atoms with E-state index >= 15 is 0 Å². The molecule has 0 aliphatic carbocycles. The lowest BCUT2D eigenvalue weighted by Crippen LogP contribution is -2.21. The summed E-state index contributed by atoms with van der Waals surface area (Å²) < 4.78 is 15.8. The number of methoxy groups -OCH3 is 1. The van der Waals surface area contributed by atoms with Crippen LogP contribution in [0.2, 0.25) is 0 Å². The minimum atomic E-state index is -0.568. The van der Waals surface area contributed by atoms with Gasteiger partial charge in [0.1, 0.15) is 11.5 Å². The summed E-state index contributed by atoms with van der Waals surface area (Å²) in [4.78, 5) is 24.1. The van der Waals surface area contributed by atoms with E-state index in [0.717, 1.165) is 18.4 Å². The number of esters is 1. The largest absolute Gasteiger partial charge is 0.495 e. The van der Waals surface area contributed by atoms with Crippen molar-refractivity contribution in [2.75, 3.05) is 25.6 Å². The number of unbranched alkanes of at least 4 members (excludes halogenated alkanes) is 1. The van der Waals surface area contributed by atoms with Crippen molar-refractivity contribution in [3.63, 3.8) is 0 Å². The van der Waals surface area contributed by atoms with Gasteiger partial charge in [-0.15, -0.1) is 0 Å². The van der Waals surface area contributed by atoms with Crippen LogP contribution in [0, 0.1) is 6.92 Å². The first-order valence-electron chi connectivity index (χ1n) is 8.88. The van der Waals surface area contributed by atoms with E-state index in [0.29, 0.717) is 29.4 Å². The molecule has 0 bridgehead atoms. The predicted molar refractivity (Wildman–Crippen MR) is 103 cm³/mol. The van der Waals surface area contributed by atoms with E-state index in [-0.39, 0.29) is 6.61 Å². The molecule has 0 atom stereocenters. The van der Waals surface area contributed by atoms with Crippen LogP contribution in [0.5, 0.6) is 11.5 Å². The highest BCUT2D eigenvalue weighted by Crippen LogP contribution is 2.25. The second-order valence-corrected chi connectivity index (χ2v) is 6.05. The molecular weight excluding hydrogens is 346 g/mol. The quantitative estimate of drug-likeness (QED) is 0.533. The van der Waals surface area contributed by atoms with Crippen LogP contribution in [-0.2, 0) is 9.53 Å². The SMILES string of the molecule is CCCCOc1ccc(C(=O)OCC(=O)Nc2cc(C)ccc2OC)cc1. The first kappa shape index (κ1) is 20.3. The lowest BCUT2D eigenvalue weighted by molar-refractivity contribution is -0.119. The van der Waals surface area contributed by atoms with Crippen LogP contribution in [0.25, 0.3) is 0 Å². The van der Waals surface area contributed by atoms with E-state index in [1.165, 1.54) is 7.11 Å². The maximum absolute atomic E-state index is 12.1. The molecular formula is C21H25NO5. The molecule has 0 fully saturated rings. The van der Waals surface area contributed by atoms with Crippen LogP contribution in [-0.4, -0.2) is 32.2 Å². The van der Waals surface area contributed by atoms with Gasteiger partial charge in [-0.1, -0.05) is 19.4 Å². The number of aryl methyl sites for hydroxylation is 1. The molecule has 0 heterocycles. The Kier molecular flexibility index (Phi) is 7.67. The summed E-state index contributed by atoms with van der Waals surface area (Å²) in [6.07, 6.45) is 2.03. The normalized spacial score (nSPS) is 10.2. The molecule has 2 rings (SSSR count). The monoisotopic (exact) mass is 371 g/mol. The van der Waals surface area contributed by atoms with Crippen molar-refractivity contribution in [3.05, 3.63) is 53.6 Å². The topological polar surface area (TPSA) is 73.9 Å². The van der Waals surface area contributed by atoms with Crippen LogP contribution in [0.1, 0.15) is 35.7 Å². The van der Waals surface area contributed by atoms with Crippen LogP contribution in [0.4, 0.5) is 5.69 Å². The molecule has 6 nitrogen and oxygen atoms in total. The smallest absolute Gasteiger partial charge is 0.338 e. The molecule has 2 aromatic carbocycles. The minimum absolute atomic E-state index is 0.360. The molecule has 0 radical (unpaired) electrons. The van der Waals surface area contributed by atoms with Gasteiger partial charge in [-0.05, 0) is 55.3 Å². The van der Waals surface area contributed by atoms with Gasteiger partial charge < -0.3 is 19.5 Å². The first-order chi connectivity index (χ1) is 13.0. The maximum atomic E-state index is 12.1. The van der Waals surface area contributed by atoms with Crippen molar-refractivity contribution in [1.82, 2.24) is 0 Å². The van der Waals surface area contributed by atoms with Gasteiger partial charge in [-0.25, -0.2) is 4.79 Å². The second kappa shape index (κ2) is 10.2. The number of anilines is 1. The van der Waals surface area contributed by atoms with Crippen molar-refractivity contribution in [2.45, 2.75) is 26.7 Å². The number of carbonyl (C=O) groups excluding carboxylic acids is 2. The number of amides is 1. The Balaban J connectivity index is 1.86. The molecule has 0 unspecified atom stereocenters. The average Bonchev–Trinajstić information content (AvgIpc) is 2.67. The van der Waals surface area contributed by atoms with Gasteiger partial charge in [-0.2, -0.15) is 0 Å². The Morgan fingerprint density at radius 1 is 1.07 bits per heavy atom. The van der Waals surface area contributed by atoms with Gasteiger partial charge in [0.15, 0.2) is 6.61 Å². The highest BCUT2D eigenvalue weighted by Gasteiger charge is 2.12. The molecule has 144 valence electrons. The zero-order valence-electron chi connectivity index (χ0n) is 15.9. The van der Waals surface area contributed by atoms with Crippen molar-refractivity contribution in [2.24, 2.45) is 0 Å². The zero-order valence-corrected chi connectivity index (χ0v) is 15.9. The highest BCUT2D eigenvalue weighted by atomic mass is 16.5. The first-order valence-corrected chi connectivity index (χ1v) is 8.88. The highest BCUT2D eigenvalue weighted by molar-refractivity contribution is 5.96. The molecule has 0 aromatic heterocycles. The number of hydrogen-bond acceptors (Lipinski definition) is 5. The Bertz CT molecular complexity index is 771. The molecule has 27 heavy (non-hydrogen) atoms. The molecule has 1 N–H and O–H groups in total. The van der Waals surface area contributed by atoms with E-state index in [1.54, 1.807) is 36.4 Å². The van der Waals surface area contributed by atoms with Gasteiger partial charge >= 0.3 is 5.97 Å². The van der Waals surface area contributed by atoms with Gasteiger partial charge in [-0.3, -0.25) is 4.79 Å². The summed E-state index contributed by atoms with van der Waals surface area (Å²) in [5.74, 6) is 0.233. The van der Waals surface area contributed by atoms with Gasteiger partial charge in [0.05, 0.1) is 25.0 Å². The summed E-state index contributed by atoms with van der Waals surface area (Å²) in [7, 11) is 1.52. The van der Waals surface area contributed by atoms with Crippen LogP contribution in [0.3, 0.4) is 0 Å². The average molecular weight is 371 g/mol. The fraction of sp³-hybridized carbons (Fsp3) is 0.333. The molecule has 0 aliphatic rings. The summed E-state index contributed by atoms with van der Waals surface area (Å²) in [5, 5.41) is 2.69. The molecule has 2 aromatic rings. The Labute approximate surface area is 159 Å². The van der Waals surface area contributed by atoms with Crippen molar-refractivity contribution >= 4 is 17.6 Å². The lowest BCUT2D eigenvalue weighted by Gasteiger charge is -2.11. The summed E-state index contributed by atoms with van der Waals surface area (Å²) in [6, 6.07) is 12.1. The Morgan fingerprint density at radius 3 is 2.48 bits per heavy atom. The number of ether oxygens (including phenoxy) is 3. The number of nitrogens with one attached hydrogen (secondary N) is 1. The summed E-state index contributed by atoms with van der Waals surface area (Å²) >= 11 is 0. The summed E-state index contributed by atoms with van der Waals surface area (Å²) in [6.45, 7) is 4.26. The second-order valence-electron chi connectivity index (χ2n) is 6.05. The lowest BCUT2D eigenvalue weighted by atomic mass is 10.2. The third-order valence-corrected chi connectivity index (χ3v) is 3.82. The zero-order chi connectivity index (χ0) is 19.6. The van der Waals surface area contributed by atoms with Gasteiger partial charge in [0, 0.05) is 0 Å². The standard InChI is InChI=1S/C21H25NO5/c1-4-5-12-26-17-9-7-16(8-10-17)21(24)27-14-20(23)22-18-13-15(2)6-11-19(18)25-3/h6-11,13H,4-5,12,14H2,1-3H3,(H,22,23). The Hall–Kier alpha value is -3.02. The van der Waals surface area contributed by atoms with E-state index < -0.39 is 11.9 Å². The van der Waals surface area contributed by atoms with E-state index in [1.807, 2.05) is 13.0 Å². The van der Waals surface area contributed by atoms with Crippen molar-refractivity contribution in [3.8, 4) is 11.5 Å². The Morgan fingerprint density at radius 2 is 1.81 bits per heavy atom. The predicted octanol–water partition coefficient (Wildman–Crippen LogP) is 3.98. The molecule has 6 heteroatoms. The number of carbonyl (C=O) groups is 2. The van der Waals surface area contributed by atoms with Crippen LogP contribution < -0.4 is 14.8 Å². The van der Waals surface area contributed by atoms with Crippen molar-refractivity contribution in [1.29, 1.82) is 0 Å². The molecule has 0 aliphatic heterocycles. The molecule has 0 saturated carbocycles. The minimum Gasteiger partial charge on any atom is -0.495 e. The third kappa shape index (κ3) is 6.33. The third-order valence-electron chi connectivity index (χ3n) is 3.82. The number of rotatable bonds is 9. The summed E-state index contributed by atoms with van der Waals surface area (Å²) in [5.41, 5.74) is 1.87. The maximum Gasteiger partial charge on any atom is 0.338 e. The fourth-order valence-corrected chi connectivity index (χ4v) is 2.34. The van der Waals surface area contributed by atoms with Gasteiger partial charge in [0.25, 0.3) is 5.91 Å². The number of hydrogen-bond donors (Lipinski definition) is 1. The van der Waals surface area contributed by atoms with E-state index in [9.17, 15) is 9.59 Å². The molecule has 0 saturated heterocycles. The molecule has 1 amide bonds.